The molecule has 2 aromatic rings. The van der Waals surface area contributed by atoms with Crippen molar-refractivity contribution in [3.63, 3.8) is 0 Å². The molecule has 4 nitrogen and oxygen atoms in total. The quantitative estimate of drug-likeness (QED) is 0.835. The van der Waals surface area contributed by atoms with Gasteiger partial charge in [0.05, 0.1) is 6.61 Å². The Balaban J connectivity index is 1.95. The van der Waals surface area contributed by atoms with Crippen LogP contribution in [0.1, 0.15) is 30.2 Å². The number of nitrogens with one attached hydrogen (secondary N) is 1. The van der Waals surface area contributed by atoms with Crippen molar-refractivity contribution in [2.24, 2.45) is 0 Å². The molecule has 2 N–H and O–H groups in total. The summed E-state index contributed by atoms with van der Waals surface area (Å²) in [6, 6.07) is 9.87. The molecular formula is C15H19N3O. The summed E-state index contributed by atoms with van der Waals surface area (Å²) in [5.74, 6) is 0.852. The number of hydrogen-bond donors (Lipinski definition) is 2. The number of hydrogen-bond acceptors (Lipinski definition) is 4. The minimum Gasteiger partial charge on any atom is -0.392 e. The second-order valence-electron chi connectivity index (χ2n) is 4.47. The maximum absolute atomic E-state index is 8.98. The van der Waals surface area contributed by atoms with Crippen LogP contribution in [0.2, 0.25) is 0 Å². The molecule has 2 rings (SSSR count). The van der Waals surface area contributed by atoms with Crippen LogP contribution in [0.3, 0.4) is 0 Å². The lowest BCUT2D eigenvalue weighted by molar-refractivity contribution is 0.282. The van der Waals surface area contributed by atoms with Crippen LogP contribution in [0, 0.1) is 0 Å². The molecule has 0 amide bonds. The summed E-state index contributed by atoms with van der Waals surface area (Å²) in [6.07, 6.45) is 3.66. The summed E-state index contributed by atoms with van der Waals surface area (Å²) in [4.78, 5) is 8.44. The van der Waals surface area contributed by atoms with E-state index in [1.54, 1.807) is 6.33 Å². The SMILES string of the molecule is CCCc1cc(NCc2ccc(CO)cc2)ncn1. The number of aromatic nitrogens is 2. The number of anilines is 1. The third-order valence-electron chi connectivity index (χ3n) is 2.91. The van der Waals surface area contributed by atoms with Gasteiger partial charge in [0.1, 0.15) is 12.1 Å². The minimum absolute atomic E-state index is 0.0833. The number of benzene rings is 1. The zero-order chi connectivity index (χ0) is 13.5. The molecule has 100 valence electrons. The fraction of sp³-hybridized carbons (Fsp3) is 0.333. The number of nitrogens with zero attached hydrogens (tertiary/aromatic N) is 2. The van der Waals surface area contributed by atoms with Crippen LogP contribution in [-0.4, -0.2) is 15.1 Å². The molecule has 0 saturated heterocycles. The Morgan fingerprint density at radius 1 is 1.11 bits per heavy atom. The summed E-state index contributed by atoms with van der Waals surface area (Å²) >= 11 is 0. The predicted molar refractivity (Wildman–Crippen MR) is 75.7 cm³/mol. The van der Waals surface area contributed by atoms with Crippen LogP contribution in [0.15, 0.2) is 36.7 Å². The highest BCUT2D eigenvalue weighted by atomic mass is 16.3. The van der Waals surface area contributed by atoms with Gasteiger partial charge in [-0.05, 0) is 17.5 Å². The summed E-state index contributed by atoms with van der Waals surface area (Å²) in [5.41, 5.74) is 3.15. The van der Waals surface area contributed by atoms with Gasteiger partial charge in [0.2, 0.25) is 0 Å². The highest BCUT2D eigenvalue weighted by molar-refractivity contribution is 5.36. The highest BCUT2D eigenvalue weighted by Crippen LogP contribution is 2.09. The van der Waals surface area contributed by atoms with E-state index in [0.29, 0.717) is 6.54 Å². The van der Waals surface area contributed by atoms with Crippen molar-refractivity contribution in [2.45, 2.75) is 32.9 Å². The van der Waals surface area contributed by atoms with E-state index in [9.17, 15) is 0 Å². The third kappa shape index (κ3) is 4.03. The van der Waals surface area contributed by atoms with E-state index < -0.39 is 0 Å². The second-order valence-corrected chi connectivity index (χ2v) is 4.47. The molecule has 0 atom stereocenters. The molecule has 0 aliphatic rings. The molecule has 0 spiro atoms. The molecule has 1 heterocycles. The van der Waals surface area contributed by atoms with E-state index >= 15 is 0 Å². The van der Waals surface area contributed by atoms with E-state index in [1.807, 2.05) is 30.3 Å². The largest absolute Gasteiger partial charge is 0.392 e. The van der Waals surface area contributed by atoms with Crippen LogP contribution < -0.4 is 5.32 Å². The fourth-order valence-corrected chi connectivity index (χ4v) is 1.84. The van der Waals surface area contributed by atoms with Crippen molar-refractivity contribution in [1.29, 1.82) is 0 Å². The average molecular weight is 257 g/mol. The number of rotatable bonds is 6. The number of aliphatic hydroxyl groups excluding tert-OH is 1. The van der Waals surface area contributed by atoms with E-state index in [4.69, 9.17) is 5.11 Å². The molecule has 0 fully saturated rings. The Morgan fingerprint density at radius 3 is 2.53 bits per heavy atom. The van der Waals surface area contributed by atoms with Crippen molar-refractivity contribution in [3.8, 4) is 0 Å². The van der Waals surface area contributed by atoms with Crippen molar-refractivity contribution >= 4 is 5.82 Å². The van der Waals surface area contributed by atoms with E-state index in [-0.39, 0.29) is 6.61 Å². The normalized spacial score (nSPS) is 10.4. The van der Waals surface area contributed by atoms with Gasteiger partial charge in [-0.15, -0.1) is 0 Å². The zero-order valence-corrected chi connectivity index (χ0v) is 11.1. The number of aryl methyl sites for hydroxylation is 1. The van der Waals surface area contributed by atoms with Crippen LogP contribution >= 0.6 is 0 Å². The Kier molecular flexibility index (Phi) is 4.86. The summed E-state index contributed by atoms with van der Waals surface area (Å²) in [6.45, 7) is 2.94. The van der Waals surface area contributed by atoms with Gasteiger partial charge < -0.3 is 10.4 Å². The smallest absolute Gasteiger partial charge is 0.129 e. The molecule has 0 radical (unpaired) electrons. The Morgan fingerprint density at radius 2 is 1.84 bits per heavy atom. The third-order valence-corrected chi connectivity index (χ3v) is 2.91. The van der Waals surface area contributed by atoms with E-state index in [1.165, 1.54) is 0 Å². The first kappa shape index (κ1) is 13.5. The molecule has 0 saturated carbocycles. The maximum atomic E-state index is 8.98. The number of aliphatic hydroxyl groups is 1. The maximum Gasteiger partial charge on any atom is 0.129 e. The van der Waals surface area contributed by atoms with Crippen molar-refractivity contribution in [3.05, 3.63) is 53.5 Å². The first-order chi connectivity index (χ1) is 9.31. The second kappa shape index (κ2) is 6.85. The fourth-order valence-electron chi connectivity index (χ4n) is 1.84. The van der Waals surface area contributed by atoms with Crippen LogP contribution in [-0.2, 0) is 19.6 Å². The molecule has 0 unspecified atom stereocenters. The first-order valence-electron chi connectivity index (χ1n) is 6.55. The molecule has 1 aromatic heterocycles. The lowest BCUT2D eigenvalue weighted by Crippen LogP contribution is -2.03. The van der Waals surface area contributed by atoms with E-state index in [0.717, 1.165) is 35.5 Å². The highest BCUT2D eigenvalue weighted by Gasteiger charge is 1.99. The Bertz CT molecular complexity index is 511. The van der Waals surface area contributed by atoms with Crippen molar-refractivity contribution < 1.29 is 5.11 Å². The standard InChI is InChI=1S/C15H19N3O/c1-2-3-14-8-15(18-11-17-14)16-9-12-4-6-13(10-19)7-5-12/h4-8,11,19H,2-3,9-10H2,1H3,(H,16,17,18). The monoisotopic (exact) mass is 257 g/mol. The lowest BCUT2D eigenvalue weighted by atomic mass is 10.1. The van der Waals surface area contributed by atoms with Gasteiger partial charge in [0.25, 0.3) is 0 Å². The predicted octanol–water partition coefficient (Wildman–Crippen LogP) is 2.53. The summed E-state index contributed by atoms with van der Waals surface area (Å²) in [5, 5.41) is 12.3. The summed E-state index contributed by atoms with van der Waals surface area (Å²) in [7, 11) is 0. The molecule has 0 bridgehead atoms. The van der Waals surface area contributed by atoms with Crippen LogP contribution in [0.25, 0.3) is 0 Å². The molecule has 4 heteroatoms. The van der Waals surface area contributed by atoms with Gasteiger partial charge in [-0.2, -0.15) is 0 Å². The average Bonchev–Trinajstić information content (AvgIpc) is 2.46. The van der Waals surface area contributed by atoms with Gasteiger partial charge in [0.15, 0.2) is 0 Å². The van der Waals surface area contributed by atoms with Gasteiger partial charge in [0, 0.05) is 18.3 Å². The lowest BCUT2D eigenvalue weighted by Gasteiger charge is -2.07. The summed E-state index contributed by atoms with van der Waals surface area (Å²) < 4.78 is 0. The van der Waals surface area contributed by atoms with Crippen LogP contribution in [0.4, 0.5) is 5.82 Å². The zero-order valence-electron chi connectivity index (χ0n) is 11.1. The van der Waals surface area contributed by atoms with Gasteiger partial charge >= 0.3 is 0 Å². The van der Waals surface area contributed by atoms with Gasteiger partial charge in [-0.3, -0.25) is 0 Å². The molecule has 0 aliphatic carbocycles. The molecular weight excluding hydrogens is 238 g/mol. The molecule has 0 aliphatic heterocycles. The van der Waals surface area contributed by atoms with Crippen molar-refractivity contribution in [2.75, 3.05) is 5.32 Å². The Hall–Kier alpha value is -1.94. The Labute approximate surface area is 113 Å². The van der Waals surface area contributed by atoms with E-state index in [2.05, 4.69) is 22.2 Å². The van der Waals surface area contributed by atoms with Gasteiger partial charge in [-0.1, -0.05) is 37.6 Å². The topological polar surface area (TPSA) is 58.0 Å². The van der Waals surface area contributed by atoms with Crippen molar-refractivity contribution in [1.82, 2.24) is 9.97 Å². The molecule has 1 aromatic carbocycles. The minimum atomic E-state index is 0.0833. The first-order valence-corrected chi connectivity index (χ1v) is 6.55. The molecule has 19 heavy (non-hydrogen) atoms. The van der Waals surface area contributed by atoms with Gasteiger partial charge in [-0.25, -0.2) is 9.97 Å². The van der Waals surface area contributed by atoms with Crippen LogP contribution in [0.5, 0.6) is 0 Å².